The predicted octanol–water partition coefficient (Wildman–Crippen LogP) is 3.50. The summed E-state index contributed by atoms with van der Waals surface area (Å²) in [6.45, 7) is 1.15. The Hall–Kier alpha value is -2.09. The van der Waals surface area contributed by atoms with Crippen LogP contribution in [-0.2, 0) is 4.74 Å². The van der Waals surface area contributed by atoms with E-state index in [2.05, 4.69) is 0 Å². The molecule has 2 aliphatic rings. The van der Waals surface area contributed by atoms with E-state index in [0.717, 1.165) is 31.4 Å². The fourth-order valence-electron chi connectivity index (χ4n) is 2.62. The molecule has 8 heteroatoms. The third-order valence-electron chi connectivity index (χ3n) is 3.59. The molecule has 0 radical (unpaired) electrons. The summed E-state index contributed by atoms with van der Waals surface area (Å²) >= 11 is 0. The lowest BCUT2D eigenvalue weighted by Crippen LogP contribution is -2.21. The van der Waals surface area contributed by atoms with Crippen molar-refractivity contribution in [1.82, 2.24) is 0 Å². The van der Waals surface area contributed by atoms with E-state index in [4.69, 9.17) is 10.5 Å². The minimum absolute atomic E-state index is 0.00893. The van der Waals surface area contributed by atoms with Crippen LogP contribution in [0.25, 0.3) is 0 Å². The van der Waals surface area contributed by atoms with Crippen molar-refractivity contribution in [2.24, 2.45) is 5.73 Å². The Kier molecular flexibility index (Phi) is 5.17. The van der Waals surface area contributed by atoms with Crippen molar-refractivity contribution in [3.05, 3.63) is 58.8 Å². The van der Waals surface area contributed by atoms with Crippen molar-refractivity contribution >= 4 is 0 Å². The smallest absolute Gasteiger partial charge is 0.416 e. The summed E-state index contributed by atoms with van der Waals surface area (Å²) < 4.78 is 71.5. The van der Waals surface area contributed by atoms with Gasteiger partial charge < -0.3 is 15.6 Å². The summed E-state index contributed by atoms with van der Waals surface area (Å²) in [6.07, 6.45) is -4.81. The number of rotatable bonds is 3. The molecular weight excluding hydrogens is 333 g/mol. The number of halogens is 5. The molecular formula is C16H16F5NO2. The molecule has 1 fully saturated rings. The molecule has 0 saturated heterocycles. The van der Waals surface area contributed by atoms with Gasteiger partial charge in [-0.05, 0) is 36.3 Å². The molecule has 3 N–H and O–H groups in total. The van der Waals surface area contributed by atoms with Crippen molar-refractivity contribution in [2.75, 3.05) is 0 Å². The zero-order valence-corrected chi connectivity index (χ0v) is 12.6. The summed E-state index contributed by atoms with van der Waals surface area (Å²) in [5.41, 5.74) is 3.69. The van der Waals surface area contributed by atoms with Gasteiger partial charge in [0.15, 0.2) is 0 Å². The lowest BCUT2D eigenvalue weighted by atomic mass is 10.0. The molecule has 2 aliphatic carbocycles. The summed E-state index contributed by atoms with van der Waals surface area (Å²) in [5.74, 6) is -0.694. The predicted molar refractivity (Wildman–Crippen MR) is 77.8 cm³/mol. The van der Waals surface area contributed by atoms with E-state index >= 15 is 0 Å². The maximum Gasteiger partial charge on any atom is 0.416 e. The van der Waals surface area contributed by atoms with Gasteiger partial charge in [-0.2, -0.15) is 13.2 Å². The molecule has 3 atom stereocenters. The normalized spacial score (nSPS) is 28.6. The van der Waals surface area contributed by atoms with Crippen LogP contribution in [0.3, 0.4) is 0 Å². The fraction of sp³-hybridized carbons (Fsp3) is 0.375. The number of aliphatic hydroxyl groups is 1. The highest BCUT2D eigenvalue weighted by molar-refractivity contribution is 5.52. The molecule has 132 valence electrons. The third kappa shape index (κ3) is 3.87. The standard InChI is InChI=1S/C16H16F5NO2/c1-8(17)4-11(7-22)24-10-2-3-12(16(19,20)21)14-9(5-10)6-13(18)15(14)23/h2-5,7,10,13,15,23H,6,22H2,1H3/b8-4+,11-7+/t10?,13-,15-/m1/s1. The minimum atomic E-state index is -4.76. The van der Waals surface area contributed by atoms with E-state index in [1.54, 1.807) is 0 Å². The van der Waals surface area contributed by atoms with Crippen molar-refractivity contribution in [2.45, 2.75) is 37.9 Å². The fourth-order valence-corrected chi connectivity index (χ4v) is 2.62. The third-order valence-corrected chi connectivity index (χ3v) is 3.59. The topological polar surface area (TPSA) is 55.5 Å². The van der Waals surface area contributed by atoms with Crippen molar-refractivity contribution in [3.63, 3.8) is 0 Å². The molecule has 0 aromatic carbocycles. The van der Waals surface area contributed by atoms with Crippen molar-refractivity contribution in [1.29, 1.82) is 0 Å². The van der Waals surface area contributed by atoms with Crippen LogP contribution in [0.1, 0.15) is 13.3 Å². The van der Waals surface area contributed by atoms with Crippen LogP contribution < -0.4 is 5.73 Å². The highest BCUT2D eigenvalue weighted by Gasteiger charge is 2.44. The quantitative estimate of drug-likeness (QED) is 0.466. The highest BCUT2D eigenvalue weighted by atomic mass is 19.4. The van der Waals surface area contributed by atoms with Gasteiger partial charge in [0.25, 0.3) is 0 Å². The van der Waals surface area contributed by atoms with Gasteiger partial charge in [0, 0.05) is 18.7 Å². The maximum absolute atomic E-state index is 13.7. The van der Waals surface area contributed by atoms with E-state index in [9.17, 15) is 27.1 Å². The number of alkyl halides is 4. The zero-order valence-electron chi connectivity index (χ0n) is 12.6. The maximum atomic E-state index is 13.7. The summed E-state index contributed by atoms with van der Waals surface area (Å²) in [6, 6.07) is 0. The molecule has 0 amide bonds. The second-order valence-corrected chi connectivity index (χ2v) is 5.42. The van der Waals surface area contributed by atoms with E-state index in [1.165, 1.54) is 6.08 Å². The summed E-state index contributed by atoms with van der Waals surface area (Å²) in [5, 5.41) is 9.75. The van der Waals surface area contributed by atoms with E-state index < -0.39 is 41.5 Å². The Bertz CT molecular complexity index is 654. The number of nitrogens with two attached hydrogens (primary N) is 1. The zero-order chi connectivity index (χ0) is 18.1. The number of hydrogen-bond donors (Lipinski definition) is 2. The SMILES string of the molecule is C/C(F)=C\C(=C/N)OC1C=CC(C(F)(F)F)=C2C(=C1)C[C@@H](F)[C@H]2O. The molecule has 2 rings (SSSR count). The van der Waals surface area contributed by atoms with Crippen LogP contribution >= 0.6 is 0 Å². The molecule has 0 bridgehead atoms. The van der Waals surface area contributed by atoms with Crippen LogP contribution in [0, 0.1) is 0 Å². The molecule has 3 nitrogen and oxygen atoms in total. The van der Waals surface area contributed by atoms with Crippen LogP contribution in [0.5, 0.6) is 0 Å². The van der Waals surface area contributed by atoms with Gasteiger partial charge in [-0.15, -0.1) is 0 Å². The van der Waals surface area contributed by atoms with Gasteiger partial charge in [0.1, 0.15) is 30.0 Å². The van der Waals surface area contributed by atoms with Crippen LogP contribution in [0.15, 0.2) is 58.8 Å². The Balaban J connectivity index is 2.40. The van der Waals surface area contributed by atoms with Gasteiger partial charge in [0.05, 0.1) is 5.57 Å². The highest BCUT2D eigenvalue weighted by Crippen LogP contribution is 2.42. The molecule has 1 saturated carbocycles. The second-order valence-electron chi connectivity index (χ2n) is 5.42. The minimum Gasteiger partial charge on any atom is -0.481 e. The molecule has 0 spiro atoms. The van der Waals surface area contributed by atoms with Crippen LogP contribution in [0.4, 0.5) is 22.0 Å². The molecule has 1 unspecified atom stereocenters. The molecule has 24 heavy (non-hydrogen) atoms. The number of allylic oxidation sites excluding steroid dienone is 4. The lowest BCUT2D eigenvalue weighted by molar-refractivity contribution is -0.0897. The first kappa shape index (κ1) is 18.3. The Labute approximate surface area is 135 Å². The Morgan fingerprint density at radius 1 is 1.42 bits per heavy atom. The van der Waals surface area contributed by atoms with Gasteiger partial charge in [0.2, 0.25) is 0 Å². The van der Waals surface area contributed by atoms with Gasteiger partial charge in [-0.25, -0.2) is 8.78 Å². The van der Waals surface area contributed by atoms with Gasteiger partial charge in [-0.3, -0.25) is 0 Å². The van der Waals surface area contributed by atoms with Crippen LogP contribution in [-0.4, -0.2) is 29.7 Å². The van der Waals surface area contributed by atoms with Gasteiger partial charge >= 0.3 is 6.18 Å². The van der Waals surface area contributed by atoms with E-state index in [-0.39, 0.29) is 17.8 Å². The van der Waals surface area contributed by atoms with E-state index in [1.807, 2.05) is 0 Å². The first-order valence-electron chi connectivity index (χ1n) is 7.08. The van der Waals surface area contributed by atoms with Crippen molar-refractivity contribution < 1.29 is 31.8 Å². The van der Waals surface area contributed by atoms with Crippen molar-refractivity contribution in [3.8, 4) is 0 Å². The number of fused-ring (bicyclic) bond motifs is 1. The largest absolute Gasteiger partial charge is 0.481 e. The molecule has 0 aromatic heterocycles. The molecule has 0 aromatic rings. The lowest BCUT2D eigenvalue weighted by Gasteiger charge is -2.14. The molecule has 0 heterocycles. The second kappa shape index (κ2) is 6.80. The number of hydrogen-bond acceptors (Lipinski definition) is 3. The van der Waals surface area contributed by atoms with E-state index in [0.29, 0.717) is 0 Å². The Morgan fingerprint density at radius 2 is 2.08 bits per heavy atom. The monoisotopic (exact) mass is 349 g/mol. The average molecular weight is 349 g/mol. The van der Waals surface area contributed by atoms with Crippen LogP contribution in [0.2, 0.25) is 0 Å². The summed E-state index contributed by atoms with van der Waals surface area (Å²) in [4.78, 5) is 0. The van der Waals surface area contributed by atoms with Gasteiger partial charge in [-0.1, -0.05) is 0 Å². The summed E-state index contributed by atoms with van der Waals surface area (Å²) in [7, 11) is 0. The first-order valence-corrected chi connectivity index (χ1v) is 7.08. The first-order chi connectivity index (χ1) is 11.1. The average Bonchev–Trinajstić information content (AvgIpc) is 2.64. The Morgan fingerprint density at radius 3 is 2.62 bits per heavy atom. The number of ether oxygens (including phenoxy) is 1. The number of aliphatic hydroxyl groups excluding tert-OH is 1. The molecule has 0 aliphatic heterocycles.